The van der Waals surface area contributed by atoms with E-state index in [1.54, 1.807) is 18.1 Å². The van der Waals surface area contributed by atoms with E-state index in [0.29, 0.717) is 11.7 Å². The summed E-state index contributed by atoms with van der Waals surface area (Å²) in [4.78, 5) is 9.59. The topological polar surface area (TPSA) is 52.9 Å². The summed E-state index contributed by atoms with van der Waals surface area (Å²) >= 11 is 5.55. The Morgan fingerprint density at radius 3 is 2.83 bits per heavy atom. The monoisotopic (exact) mass is 184 g/mol. The highest BCUT2D eigenvalue weighted by Gasteiger charge is 1.97. The van der Waals surface area contributed by atoms with Crippen LogP contribution in [-0.4, -0.2) is 28.3 Å². The molecule has 0 radical (unpaired) electrons. The van der Waals surface area contributed by atoms with Gasteiger partial charge in [-0.1, -0.05) is 11.6 Å². The number of rotatable bonds is 3. The van der Waals surface area contributed by atoms with Crippen LogP contribution in [0.3, 0.4) is 0 Å². The molecule has 1 aromatic rings. The fourth-order valence-corrected chi connectivity index (χ4v) is 0.819. The average Bonchev–Trinajstić information content (AvgIpc) is 2.09. The van der Waals surface area contributed by atoms with Gasteiger partial charge in [0.15, 0.2) is 0 Å². The lowest BCUT2D eigenvalue weighted by molar-refractivity contribution is 0.503. The van der Waals surface area contributed by atoms with Crippen molar-refractivity contribution in [3.8, 4) is 0 Å². The average molecular weight is 185 g/mol. The van der Waals surface area contributed by atoms with E-state index in [2.05, 4.69) is 9.97 Å². The van der Waals surface area contributed by atoms with Crippen LogP contribution < -0.4 is 0 Å². The van der Waals surface area contributed by atoms with Crippen molar-refractivity contribution in [3.05, 3.63) is 23.2 Å². The molecule has 1 rings (SSSR count). The first-order chi connectivity index (χ1) is 5.72. The van der Waals surface area contributed by atoms with Crippen LogP contribution in [0.25, 0.3) is 0 Å². The summed E-state index contributed by atoms with van der Waals surface area (Å²) < 4.78 is 0. The molecule has 0 atom stereocenters. The molecule has 0 aliphatic rings. The van der Waals surface area contributed by atoms with Crippen molar-refractivity contribution in [3.63, 3.8) is 0 Å². The Kier molecular flexibility index (Phi) is 2.99. The largest absolute Gasteiger partial charge is 0.360 e. The Bertz CT molecular complexity index is 259. The fourth-order valence-electron chi connectivity index (χ4n) is 0.722. The van der Waals surface area contributed by atoms with Gasteiger partial charge in [-0.3, -0.25) is 10.4 Å². The van der Waals surface area contributed by atoms with Crippen LogP contribution in [0, 0.1) is 5.41 Å². The maximum atomic E-state index is 6.93. The number of hydrogen-bond acceptors (Lipinski definition) is 3. The molecule has 0 spiro atoms. The van der Waals surface area contributed by atoms with Crippen molar-refractivity contribution in [1.82, 2.24) is 14.9 Å². The first kappa shape index (κ1) is 8.93. The number of hydrogen-bond donors (Lipinski definition) is 1. The summed E-state index contributed by atoms with van der Waals surface area (Å²) in [5.41, 5.74) is 0.797. The van der Waals surface area contributed by atoms with Crippen LogP contribution in [0.15, 0.2) is 12.4 Å². The van der Waals surface area contributed by atoms with Gasteiger partial charge in [-0.25, -0.2) is 4.98 Å². The quantitative estimate of drug-likeness (QED) is 0.567. The van der Waals surface area contributed by atoms with Crippen LogP contribution in [-0.2, 0) is 6.54 Å². The Morgan fingerprint density at radius 2 is 2.33 bits per heavy atom. The molecule has 0 fully saturated rings. The third-order valence-corrected chi connectivity index (χ3v) is 1.50. The lowest BCUT2D eigenvalue weighted by Gasteiger charge is -2.10. The van der Waals surface area contributed by atoms with Crippen LogP contribution in [0.1, 0.15) is 5.69 Å². The summed E-state index contributed by atoms with van der Waals surface area (Å²) in [7, 11) is 1.79. The normalized spacial score (nSPS) is 9.50. The van der Waals surface area contributed by atoms with E-state index in [1.165, 1.54) is 12.5 Å². The molecule has 0 bridgehead atoms. The zero-order valence-electron chi connectivity index (χ0n) is 6.66. The summed E-state index contributed by atoms with van der Waals surface area (Å²) in [6.45, 7) is 0.577. The predicted molar refractivity (Wildman–Crippen MR) is 47.3 cm³/mol. The highest BCUT2D eigenvalue weighted by atomic mass is 35.5. The van der Waals surface area contributed by atoms with Gasteiger partial charge in [0.05, 0.1) is 31.0 Å². The number of aromatic nitrogens is 2. The molecule has 0 saturated carbocycles. The number of halogens is 1. The van der Waals surface area contributed by atoms with Gasteiger partial charge in [-0.2, -0.15) is 0 Å². The van der Waals surface area contributed by atoms with Gasteiger partial charge < -0.3 is 4.90 Å². The van der Waals surface area contributed by atoms with Crippen molar-refractivity contribution >= 4 is 17.9 Å². The smallest absolute Gasteiger partial charge is 0.147 e. The first-order valence-electron chi connectivity index (χ1n) is 3.39. The van der Waals surface area contributed by atoms with Crippen LogP contribution >= 0.6 is 11.6 Å². The second-order valence-corrected chi connectivity index (χ2v) is 2.76. The Hall–Kier alpha value is -1.16. The summed E-state index contributed by atoms with van der Waals surface area (Å²) in [6.07, 6.45) is 4.33. The molecule has 64 valence electrons. The number of nitrogens with one attached hydrogen (secondary N) is 1. The van der Waals surface area contributed by atoms with Crippen molar-refractivity contribution in [1.29, 1.82) is 5.41 Å². The van der Waals surface area contributed by atoms with E-state index in [0.717, 1.165) is 5.69 Å². The van der Waals surface area contributed by atoms with Gasteiger partial charge >= 0.3 is 0 Å². The third-order valence-electron chi connectivity index (χ3n) is 1.31. The van der Waals surface area contributed by atoms with Crippen LogP contribution in [0.2, 0.25) is 5.15 Å². The van der Waals surface area contributed by atoms with Gasteiger partial charge in [0.25, 0.3) is 0 Å². The molecule has 0 saturated heterocycles. The number of nitrogens with zero attached hydrogens (tertiary/aromatic N) is 3. The fraction of sp³-hybridized carbons (Fsp3) is 0.286. The van der Waals surface area contributed by atoms with Gasteiger partial charge in [-0.05, 0) is 0 Å². The first-order valence-corrected chi connectivity index (χ1v) is 3.77. The molecule has 1 aromatic heterocycles. The van der Waals surface area contributed by atoms with Gasteiger partial charge in [0.1, 0.15) is 5.15 Å². The molecule has 1 heterocycles. The minimum Gasteiger partial charge on any atom is -0.360 e. The van der Waals surface area contributed by atoms with E-state index in [4.69, 9.17) is 17.0 Å². The van der Waals surface area contributed by atoms with Crippen LogP contribution in [0.4, 0.5) is 0 Å². The molecule has 0 aliphatic carbocycles. The minimum absolute atomic E-state index is 0.385. The molecule has 4 nitrogen and oxygen atoms in total. The van der Waals surface area contributed by atoms with Gasteiger partial charge in [0, 0.05) is 7.05 Å². The molecule has 0 unspecified atom stereocenters. The van der Waals surface area contributed by atoms with Crippen molar-refractivity contribution in [2.75, 3.05) is 7.05 Å². The van der Waals surface area contributed by atoms with E-state index in [1.807, 2.05) is 0 Å². The second kappa shape index (κ2) is 4.01. The SMILES string of the molecule is CN(C=N)Cc1cnc(Cl)cn1. The third kappa shape index (κ3) is 2.47. The van der Waals surface area contributed by atoms with Crippen molar-refractivity contribution < 1.29 is 0 Å². The van der Waals surface area contributed by atoms with Crippen molar-refractivity contribution in [2.24, 2.45) is 0 Å². The highest BCUT2D eigenvalue weighted by molar-refractivity contribution is 6.29. The van der Waals surface area contributed by atoms with E-state index < -0.39 is 0 Å². The van der Waals surface area contributed by atoms with E-state index >= 15 is 0 Å². The lowest BCUT2D eigenvalue weighted by atomic mass is 10.4. The van der Waals surface area contributed by atoms with E-state index in [9.17, 15) is 0 Å². The second-order valence-electron chi connectivity index (χ2n) is 2.37. The molecule has 5 heteroatoms. The van der Waals surface area contributed by atoms with Crippen LogP contribution in [0.5, 0.6) is 0 Å². The highest BCUT2D eigenvalue weighted by Crippen LogP contribution is 2.02. The zero-order chi connectivity index (χ0) is 8.97. The molecule has 1 N–H and O–H groups in total. The standard InChI is InChI=1S/C7H9ClN4/c1-12(5-9)4-6-2-11-7(8)3-10-6/h2-3,5,9H,4H2,1H3. The van der Waals surface area contributed by atoms with Gasteiger partial charge in [0.2, 0.25) is 0 Å². The Labute approximate surface area is 75.7 Å². The lowest BCUT2D eigenvalue weighted by Crippen LogP contribution is -2.15. The Balaban J connectivity index is 2.64. The molecular weight excluding hydrogens is 176 g/mol. The molecule has 0 aromatic carbocycles. The predicted octanol–water partition coefficient (Wildman–Crippen LogP) is 1.17. The maximum absolute atomic E-state index is 6.93. The summed E-state index contributed by atoms with van der Waals surface area (Å²) in [5.74, 6) is 0. The van der Waals surface area contributed by atoms with E-state index in [-0.39, 0.29) is 0 Å². The summed E-state index contributed by atoms with van der Waals surface area (Å²) in [6, 6.07) is 0. The summed E-state index contributed by atoms with van der Waals surface area (Å²) in [5, 5.41) is 7.31. The molecule has 12 heavy (non-hydrogen) atoms. The Morgan fingerprint density at radius 1 is 1.58 bits per heavy atom. The minimum atomic E-state index is 0.385. The molecule has 0 aliphatic heterocycles. The van der Waals surface area contributed by atoms with Gasteiger partial charge in [-0.15, -0.1) is 0 Å². The zero-order valence-corrected chi connectivity index (χ0v) is 7.41. The molecule has 0 amide bonds. The van der Waals surface area contributed by atoms with Crippen molar-refractivity contribution in [2.45, 2.75) is 6.54 Å². The maximum Gasteiger partial charge on any atom is 0.147 e. The molecular formula is C7H9ClN4.